The molecule has 0 atom stereocenters. The fraction of sp³-hybridized carbons (Fsp3) is 0.222. The minimum absolute atomic E-state index is 0.0383. The molecule has 0 aliphatic carbocycles. The van der Waals surface area contributed by atoms with Crippen LogP contribution in [0.4, 0.5) is 0 Å². The highest BCUT2D eigenvalue weighted by molar-refractivity contribution is 6.85. The van der Waals surface area contributed by atoms with Crippen molar-refractivity contribution in [1.29, 1.82) is 0 Å². The first-order valence-corrected chi connectivity index (χ1v) is 7.56. The molecule has 0 aromatic carbocycles. The topological polar surface area (TPSA) is 33.1 Å². The molecule has 0 N–H and O–H groups in total. The number of furan rings is 1. The molecule has 4 heterocycles. The molecular formula is C18H19BN3O+. The van der Waals surface area contributed by atoms with E-state index in [0.717, 1.165) is 27.1 Å². The summed E-state index contributed by atoms with van der Waals surface area (Å²) in [4.78, 5) is 6.39. The molecule has 4 nitrogen and oxygen atoms in total. The Morgan fingerprint density at radius 2 is 2.17 bits per heavy atom. The number of fused-ring (bicyclic) bond motifs is 3. The molecule has 0 saturated carbocycles. The average molecular weight is 307 g/mol. The molecule has 0 spiro atoms. The second-order valence-corrected chi connectivity index (χ2v) is 6.01. The van der Waals surface area contributed by atoms with Gasteiger partial charge in [-0.3, -0.25) is 0 Å². The Kier molecular flexibility index (Phi) is 2.39. The van der Waals surface area contributed by atoms with Gasteiger partial charge in [0.25, 0.3) is 0 Å². The summed E-state index contributed by atoms with van der Waals surface area (Å²) in [5.41, 5.74) is 3.40. The first-order valence-electron chi connectivity index (χ1n) is 9.06. The normalized spacial score (nSPS) is 16.7. The lowest BCUT2D eigenvalue weighted by Gasteiger charge is -2.24. The molecule has 0 unspecified atom stereocenters. The summed E-state index contributed by atoms with van der Waals surface area (Å²) in [6, 6.07) is 9.45. The van der Waals surface area contributed by atoms with Gasteiger partial charge in [-0.25, -0.2) is 9.55 Å². The monoisotopic (exact) mass is 307 g/mol. The lowest BCUT2D eigenvalue weighted by molar-refractivity contribution is -0.654. The molecule has 3 aromatic rings. The molecule has 0 bridgehead atoms. The van der Waals surface area contributed by atoms with E-state index in [2.05, 4.69) is 20.4 Å². The van der Waals surface area contributed by atoms with E-state index >= 15 is 0 Å². The molecule has 5 heteroatoms. The highest BCUT2D eigenvalue weighted by Crippen LogP contribution is 2.12. The molecular weight excluding hydrogens is 285 g/mol. The number of hydrogen-bond acceptors (Lipinski definition) is 3. The Morgan fingerprint density at radius 3 is 2.96 bits per heavy atom. The van der Waals surface area contributed by atoms with E-state index in [-0.39, 0.29) is 12.5 Å². The van der Waals surface area contributed by atoms with E-state index in [1.807, 2.05) is 45.5 Å². The van der Waals surface area contributed by atoms with Crippen molar-refractivity contribution in [2.24, 2.45) is 7.05 Å². The zero-order valence-electron chi connectivity index (χ0n) is 16.4. The first kappa shape index (κ1) is 11.1. The number of aryl methyl sites for hydroxylation is 2. The Bertz CT molecular complexity index is 1140. The Hall–Kier alpha value is -2.56. The van der Waals surface area contributed by atoms with Crippen LogP contribution in [-0.2, 0) is 7.05 Å². The summed E-state index contributed by atoms with van der Waals surface area (Å²) in [6.45, 7) is -0.162. The van der Waals surface area contributed by atoms with Gasteiger partial charge in [0.15, 0.2) is 11.8 Å². The molecule has 23 heavy (non-hydrogen) atoms. The molecule has 0 amide bonds. The van der Waals surface area contributed by atoms with Crippen LogP contribution in [0.25, 0.3) is 22.8 Å². The van der Waals surface area contributed by atoms with Crippen LogP contribution >= 0.6 is 0 Å². The van der Waals surface area contributed by atoms with Gasteiger partial charge < -0.3 is 9.23 Å². The smallest absolute Gasteiger partial charge is 0.402 e. The van der Waals surface area contributed by atoms with Crippen molar-refractivity contribution in [3.63, 3.8) is 0 Å². The quantitative estimate of drug-likeness (QED) is 0.477. The molecule has 114 valence electrons. The third-order valence-corrected chi connectivity index (χ3v) is 4.48. The molecule has 1 aliphatic rings. The van der Waals surface area contributed by atoms with Gasteiger partial charge in [0.1, 0.15) is 12.5 Å². The van der Waals surface area contributed by atoms with Crippen LogP contribution in [0, 0.1) is 6.85 Å². The van der Waals surface area contributed by atoms with Gasteiger partial charge in [0.05, 0.1) is 0 Å². The van der Waals surface area contributed by atoms with Crippen LogP contribution in [0.2, 0.25) is 0 Å². The van der Waals surface area contributed by atoms with Crippen LogP contribution < -0.4 is 20.8 Å². The maximum Gasteiger partial charge on any atom is 0.402 e. The first-order chi connectivity index (χ1) is 12.3. The van der Waals surface area contributed by atoms with Crippen LogP contribution in [0.5, 0.6) is 0 Å². The third-order valence-electron chi connectivity index (χ3n) is 4.48. The highest BCUT2D eigenvalue weighted by atomic mass is 16.3. The molecule has 4 rings (SSSR count). The maximum absolute atomic E-state index is 7.56. The number of pyridine rings is 2. The molecule has 0 fully saturated rings. The maximum atomic E-state index is 7.56. The standard InChI is InChI=1S/C18H19BN3O/c1-12-8-9-14-15-11-22(4)19(16-7-5-6-10-21(16)3)13(2)17(15)23-18(14)20-12/h5-11H,1-4H3/q+1/i1D3. The van der Waals surface area contributed by atoms with Crippen molar-refractivity contribution in [2.75, 3.05) is 7.05 Å². The largest absolute Gasteiger partial charge is 0.438 e. The van der Waals surface area contributed by atoms with Gasteiger partial charge in [-0.1, -0.05) is 6.07 Å². The SMILES string of the molecule is [2H]C([2H])([2H])c1ccc2c3c(oc2n1)=C(C)B(c1cccc[n+]1C)N(C)C=3. The summed E-state index contributed by atoms with van der Waals surface area (Å²) in [5.74, 6) is 0. The minimum atomic E-state index is -2.25. The Morgan fingerprint density at radius 1 is 1.30 bits per heavy atom. The lowest BCUT2D eigenvalue weighted by Crippen LogP contribution is -2.62. The van der Waals surface area contributed by atoms with Crippen LogP contribution in [0.15, 0.2) is 40.9 Å². The second-order valence-electron chi connectivity index (χ2n) is 6.01. The number of aromatic nitrogens is 2. The van der Waals surface area contributed by atoms with Gasteiger partial charge in [0, 0.05) is 26.5 Å². The van der Waals surface area contributed by atoms with E-state index in [9.17, 15) is 0 Å². The average Bonchev–Trinajstić information content (AvgIpc) is 2.94. The Balaban J connectivity index is 1.98. The van der Waals surface area contributed by atoms with Crippen molar-refractivity contribution in [3.05, 3.63) is 52.9 Å². The van der Waals surface area contributed by atoms with Crippen molar-refractivity contribution in [1.82, 2.24) is 9.79 Å². The van der Waals surface area contributed by atoms with Crippen molar-refractivity contribution in [2.45, 2.75) is 13.8 Å². The van der Waals surface area contributed by atoms with Gasteiger partial charge in [0.2, 0.25) is 5.71 Å². The van der Waals surface area contributed by atoms with Crippen molar-refractivity contribution in [3.8, 4) is 0 Å². The van der Waals surface area contributed by atoms with E-state index in [4.69, 9.17) is 8.53 Å². The lowest BCUT2D eigenvalue weighted by atomic mass is 9.50. The van der Waals surface area contributed by atoms with Crippen molar-refractivity contribution < 1.29 is 13.1 Å². The third kappa shape index (κ3) is 2.07. The summed E-state index contributed by atoms with van der Waals surface area (Å²) in [5, 5.41) is 1.77. The molecule has 0 radical (unpaired) electrons. The number of hydrogen-bond donors (Lipinski definition) is 0. The molecule has 1 aliphatic heterocycles. The van der Waals surface area contributed by atoms with Crippen LogP contribution in [0.1, 0.15) is 16.7 Å². The second kappa shape index (κ2) is 4.98. The summed E-state index contributed by atoms with van der Waals surface area (Å²) in [6.07, 6.45) is 4.07. The number of rotatable bonds is 1. The van der Waals surface area contributed by atoms with Gasteiger partial charge in [-0.2, -0.15) is 0 Å². The van der Waals surface area contributed by atoms with E-state index in [1.54, 1.807) is 12.1 Å². The predicted molar refractivity (Wildman–Crippen MR) is 92.3 cm³/mol. The Labute approximate surface area is 139 Å². The van der Waals surface area contributed by atoms with Crippen LogP contribution in [-0.4, -0.2) is 23.7 Å². The van der Waals surface area contributed by atoms with Gasteiger partial charge >= 0.3 is 6.85 Å². The summed E-state index contributed by atoms with van der Waals surface area (Å²) in [7, 11) is 4.06. The zero-order valence-corrected chi connectivity index (χ0v) is 13.4. The van der Waals surface area contributed by atoms with E-state index < -0.39 is 6.85 Å². The predicted octanol–water partition coefficient (Wildman–Crippen LogP) is 0.253. The zero-order chi connectivity index (χ0) is 18.6. The van der Waals surface area contributed by atoms with E-state index in [0.29, 0.717) is 5.71 Å². The van der Waals surface area contributed by atoms with Crippen molar-refractivity contribution >= 4 is 35.2 Å². The summed E-state index contributed by atoms with van der Waals surface area (Å²) >= 11 is 0. The van der Waals surface area contributed by atoms with Crippen LogP contribution in [0.3, 0.4) is 0 Å². The number of nitrogens with zero attached hydrogens (tertiary/aromatic N) is 3. The van der Waals surface area contributed by atoms with Gasteiger partial charge in [-0.15, -0.1) is 0 Å². The summed E-state index contributed by atoms with van der Waals surface area (Å²) < 4.78 is 30.8. The minimum Gasteiger partial charge on any atom is -0.438 e. The fourth-order valence-corrected chi connectivity index (χ4v) is 3.38. The van der Waals surface area contributed by atoms with E-state index in [1.165, 1.54) is 0 Å². The highest BCUT2D eigenvalue weighted by Gasteiger charge is 2.35. The molecule has 3 aromatic heterocycles. The molecule has 0 saturated heterocycles. The van der Waals surface area contributed by atoms with Gasteiger partial charge in [-0.05, 0) is 50.7 Å². The fourth-order valence-electron chi connectivity index (χ4n) is 3.38.